The Kier molecular flexibility index (Phi) is 5.18. The van der Waals surface area contributed by atoms with Gasteiger partial charge in [0.15, 0.2) is 5.17 Å². The average molecular weight is 386 g/mol. The van der Waals surface area contributed by atoms with Crippen LogP contribution in [0.15, 0.2) is 52.6 Å². The summed E-state index contributed by atoms with van der Waals surface area (Å²) >= 11 is 7.34. The number of aromatic nitrogens is 1. The van der Waals surface area contributed by atoms with Gasteiger partial charge in [0.05, 0.1) is 10.6 Å². The highest BCUT2D eigenvalue weighted by Crippen LogP contribution is 2.31. The van der Waals surface area contributed by atoms with Crippen LogP contribution in [0, 0.1) is 0 Å². The van der Waals surface area contributed by atoms with Crippen LogP contribution in [0.2, 0.25) is 5.02 Å². The highest BCUT2D eigenvalue weighted by Gasteiger charge is 2.24. The molecule has 0 unspecified atom stereocenters. The van der Waals surface area contributed by atoms with Gasteiger partial charge >= 0.3 is 0 Å². The van der Waals surface area contributed by atoms with Gasteiger partial charge in [0.1, 0.15) is 0 Å². The third-order valence-corrected chi connectivity index (χ3v) is 5.87. The molecule has 2 aromatic rings. The Morgan fingerprint density at radius 2 is 2.08 bits per heavy atom. The quantitative estimate of drug-likeness (QED) is 0.705. The van der Waals surface area contributed by atoms with Gasteiger partial charge in [0.2, 0.25) is 0 Å². The van der Waals surface area contributed by atoms with Crippen molar-refractivity contribution in [3.8, 4) is 0 Å². The van der Waals surface area contributed by atoms with Crippen molar-refractivity contribution in [3.63, 3.8) is 0 Å². The fraction of sp³-hybridized carbons (Fsp3) is 0.300. The van der Waals surface area contributed by atoms with Crippen molar-refractivity contribution in [1.29, 1.82) is 0 Å². The summed E-state index contributed by atoms with van der Waals surface area (Å²) in [4.78, 5) is 17.4. The molecule has 26 heavy (non-hydrogen) atoms. The zero-order valence-electron chi connectivity index (χ0n) is 14.3. The maximum Gasteiger partial charge on any atom is 0.264 e. The zero-order valence-corrected chi connectivity index (χ0v) is 15.9. The number of hydrogen-bond acceptors (Lipinski definition) is 3. The topological polar surface area (TPSA) is 46.4 Å². The normalized spacial score (nSPS) is 21.5. The molecule has 0 bridgehead atoms. The molecular formula is C20H20ClN3OS. The van der Waals surface area contributed by atoms with E-state index >= 15 is 0 Å². The highest BCUT2D eigenvalue weighted by molar-refractivity contribution is 8.18. The van der Waals surface area contributed by atoms with Crippen LogP contribution in [0.5, 0.6) is 0 Å². The lowest BCUT2D eigenvalue weighted by molar-refractivity contribution is -0.115. The highest BCUT2D eigenvalue weighted by atomic mass is 35.5. The number of aliphatic imine (C=N–C) groups is 1. The van der Waals surface area contributed by atoms with Gasteiger partial charge in [-0.15, -0.1) is 0 Å². The second-order valence-electron chi connectivity index (χ2n) is 6.65. The van der Waals surface area contributed by atoms with E-state index in [0.717, 1.165) is 11.3 Å². The molecular weight excluding hydrogens is 366 g/mol. The molecule has 0 spiro atoms. The summed E-state index contributed by atoms with van der Waals surface area (Å²) in [7, 11) is 0. The maximum absolute atomic E-state index is 12.2. The number of amides is 1. The van der Waals surface area contributed by atoms with Gasteiger partial charge in [-0.1, -0.05) is 36.9 Å². The van der Waals surface area contributed by atoms with Gasteiger partial charge in [0, 0.05) is 23.5 Å². The lowest BCUT2D eigenvalue weighted by Crippen LogP contribution is -2.19. The monoisotopic (exact) mass is 385 g/mol. The van der Waals surface area contributed by atoms with Gasteiger partial charge in [0.25, 0.3) is 5.91 Å². The summed E-state index contributed by atoms with van der Waals surface area (Å²) in [6, 6.07) is 9.94. The number of hydrogen-bond donors (Lipinski definition) is 1. The van der Waals surface area contributed by atoms with Gasteiger partial charge in [-0.05, 0) is 60.5 Å². The van der Waals surface area contributed by atoms with Crippen molar-refractivity contribution in [2.24, 2.45) is 4.99 Å². The minimum atomic E-state index is -0.110. The summed E-state index contributed by atoms with van der Waals surface area (Å²) in [5.74, 6) is -0.110. The van der Waals surface area contributed by atoms with E-state index < -0.39 is 0 Å². The van der Waals surface area contributed by atoms with Crippen molar-refractivity contribution in [2.45, 2.75) is 38.1 Å². The first-order valence-electron chi connectivity index (χ1n) is 8.90. The van der Waals surface area contributed by atoms with E-state index in [2.05, 4.69) is 33.3 Å². The van der Waals surface area contributed by atoms with Gasteiger partial charge < -0.3 is 9.88 Å². The molecule has 1 saturated carbocycles. The largest absolute Gasteiger partial charge is 0.351 e. The smallest absolute Gasteiger partial charge is 0.264 e. The van der Waals surface area contributed by atoms with Crippen molar-refractivity contribution >= 4 is 46.2 Å². The van der Waals surface area contributed by atoms with Crippen LogP contribution < -0.4 is 5.32 Å². The van der Waals surface area contributed by atoms with Crippen molar-refractivity contribution in [1.82, 2.24) is 9.88 Å². The Bertz CT molecular complexity index is 881. The lowest BCUT2D eigenvalue weighted by Gasteiger charge is -2.23. The summed E-state index contributed by atoms with van der Waals surface area (Å²) in [6.07, 6.45) is 12.7. The molecule has 6 heteroatoms. The van der Waals surface area contributed by atoms with Crippen LogP contribution in [0.25, 0.3) is 6.08 Å². The van der Waals surface area contributed by atoms with E-state index in [-0.39, 0.29) is 5.91 Å². The third kappa shape index (κ3) is 4.05. The molecule has 2 aliphatic rings. The summed E-state index contributed by atoms with van der Waals surface area (Å²) in [5.41, 5.74) is 1.78. The number of nitrogens with one attached hydrogen (secondary N) is 1. The summed E-state index contributed by atoms with van der Waals surface area (Å²) in [5, 5.41) is 4.02. The predicted molar refractivity (Wildman–Crippen MR) is 109 cm³/mol. The fourth-order valence-corrected chi connectivity index (χ4v) is 4.44. The predicted octanol–water partition coefficient (Wildman–Crippen LogP) is 5.54. The van der Waals surface area contributed by atoms with Crippen LogP contribution >= 0.6 is 23.4 Å². The van der Waals surface area contributed by atoms with Crippen LogP contribution in [-0.4, -0.2) is 15.6 Å². The molecule has 134 valence electrons. The number of rotatable bonds is 3. The summed E-state index contributed by atoms with van der Waals surface area (Å²) in [6.45, 7) is 0. The molecule has 4 rings (SSSR count). The molecule has 1 amide bonds. The number of halogens is 1. The van der Waals surface area contributed by atoms with Crippen molar-refractivity contribution in [2.75, 3.05) is 0 Å². The number of carbonyl (C=O) groups excluding carboxylic acids is 1. The first-order valence-corrected chi connectivity index (χ1v) is 10.1. The minimum absolute atomic E-state index is 0.110. The molecule has 1 aromatic carbocycles. The lowest BCUT2D eigenvalue weighted by atomic mass is 9.95. The van der Waals surface area contributed by atoms with Crippen molar-refractivity contribution in [3.05, 3.63) is 58.2 Å². The second kappa shape index (κ2) is 7.72. The average Bonchev–Trinajstić information content (AvgIpc) is 3.23. The van der Waals surface area contributed by atoms with Gasteiger partial charge in [-0.3, -0.25) is 4.79 Å². The molecule has 2 fully saturated rings. The standard InChI is InChI=1S/C20H20ClN3OS/c21-15-5-4-6-16(12-15)22-20-23-19(25)18(26-20)11-14-9-10-24(13-14)17-7-2-1-3-8-17/h4-6,9-13,17H,1-3,7-8H2,(H,22,23,25)/b18-11+. The molecule has 0 radical (unpaired) electrons. The van der Waals surface area contributed by atoms with E-state index in [1.165, 1.54) is 43.9 Å². The van der Waals surface area contributed by atoms with Gasteiger partial charge in [-0.2, -0.15) is 0 Å². The maximum atomic E-state index is 12.2. The minimum Gasteiger partial charge on any atom is -0.351 e. The Morgan fingerprint density at radius 3 is 2.88 bits per heavy atom. The molecule has 1 aliphatic heterocycles. The van der Waals surface area contributed by atoms with E-state index in [4.69, 9.17) is 11.6 Å². The summed E-state index contributed by atoms with van der Waals surface area (Å²) < 4.78 is 2.30. The molecule has 1 N–H and O–H groups in total. The molecule has 4 nitrogen and oxygen atoms in total. The van der Waals surface area contributed by atoms with E-state index in [1.807, 2.05) is 18.2 Å². The molecule has 2 heterocycles. The Hall–Kier alpha value is -1.98. The molecule has 1 aliphatic carbocycles. The molecule has 1 aromatic heterocycles. The first-order chi connectivity index (χ1) is 12.7. The Morgan fingerprint density at radius 1 is 1.23 bits per heavy atom. The number of thioether (sulfide) groups is 1. The second-order valence-corrected chi connectivity index (χ2v) is 8.11. The Balaban J connectivity index is 1.49. The molecule has 1 saturated heterocycles. The van der Waals surface area contributed by atoms with E-state index in [1.54, 1.807) is 12.1 Å². The number of nitrogens with zero attached hydrogens (tertiary/aromatic N) is 2. The fourth-order valence-electron chi connectivity index (χ4n) is 3.42. The number of amidine groups is 1. The number of benzene rings is 1. The van der Waals surface area contributed by atoms with Crippen LogP contribution in [0.3, 0.4) is 0 Å². The van der Waals surface area contributed by atoms with Crippen molar-refractivity contribution < 1.29 is 4.79 Å². The third-order valence-electron chi connectivity index (χ3n) is 4.72. The van der Waals surface area contributed by atoms with Crippen LogP contribution in [-0.2, 0) is 4.79 Å². The Labute approximate surface area is 162 Å². The van der Waals surface area contributed by atoms with Gasteiger partial charge in [-0.25, -0.2) is 4.99 Å². The van der Waals surface area contributed by atoms with E-state index in [0.29, 0.717) is 21.1 Å². The van der Waals surface area contributed by atoms with E-state index in [9.17, 15) is 4.79 Å². The first kappa shape index (κ1) is 17.4. The zero-order chi connectivity index (χ0) is 17.9. The van der Waals surface area contributed by atoms with Crippen LogP contribution in [0.1, 0.15) is 43.7 Å². The SMILES string of the molecule is O=C1NC(=Nc2cccc(Cl)c2)S/C1=C/c1ccn(C2CCCCC2)c1. The van der Waals surface area contributed by atoms with Crippen LogP contribution in [0.4, 0.5) is 5.69 Å². The number of carbonyl (C=O) groups is 1. The molecule has 0 atom stereocenters.